The minimum atomic E-state index is -0.00289. The van der Waals surface area contributed by atoms with Crippen LogP contribution in [0.25, 0.3) is 10.6 Å². The summed E-state index contributed by atoms with van der Waals surface area (Å²) in [5.74, 6) is 0.116. The number of H-pyrrole nitrogens is 1. The highest BCUT2D eigenvalue weighted by molar-refractivity contribution is 7.15. The molecule has 2 aliphatic carbocycles. The van der Waals surface area contributed by atoms with Crippen molar-refractivity contribution in [2.45, 2.75) is 45.1 Å². The number of aryl methyl sites for hydroxylation is 2. The van der Waals surface area contributed by atoms with Gasteiger partial charge in [0.1, 0.15) is 5.01 Å². The smallest absolute Gasteiger partial charge is 0.223 e. The Labute approximate surface area is 161 Å². The van der Waals surface area contributed by atoms with Crippen LogP contribution in [0.4, 0.5) is 0 Å². The van der Waals surface area contributed by atoms with E-state index >= 15 is 0 Å². The Balaban J connectivity index is 1.25. The van der Waals surface area contributed by atoms with E-state index in [0.717, 1.165) is 54.1 Å². The topological polar surface area (TPSA) is 83.6 Å². The molecule has 1 atom stereocenters. The molecular weight excluding hydrogens is 358 g/mol. The van der Waals surface area contributed by atoms with E-state index in [2.05, 4.69) is 20.5 Å². The maximum Gasteiger partial charge on any atom is 0.223 e. The Morgan fingerprint density at radius 3 is 3.04 bits per heavy atom. The van der Waals surface area contributed by atoms with Crippen molar-refractivity contribution in [3.05, 3.63) is 52.0 Å². The number of aromatic nitrogens is 4. The number of pyridine rings is 1. The summed E-state index contributed by atoms with van der Waals surface area (Å²) in [6, 6.07) is 3.97. The van der Waals surface area contributed by atoms with Crippen LogP contribution >= 0.6 is 11.3 Å². The summed E-state index contributed by atoms with van der Waals surface area (Å²) in [6.07, 6.45) is 9.44. The van der Waals surface area contributed by atoms with Crippen molar-refractivity contribution < 1.29 is 4.79 Å². The van der Waals surface area contributed by atoms with E-state index in [1.54, 1.807) is 23.7 Å². The molecule has 3 aromatic rings. The van der Waals surface area contributed by atoms with Crippen molar-refractivity contribution in [2.75, 3.05) is 0 Å². The van der Waals surface area contributed by atoms with Crippen molar-refractivity contribution in [2.24, 2.45) is 5.92 Å². The third-order valence-electron chi connectivity index (χ3n) is 5.56. The van der Waals surface area contributed by atoms with Crippen LogP contribution in [0.1, 0.15) is 40.4 Å². The number of hydrogen-bond acceptors (Lipinski definition) is 5. The Bertz CT molecular complexity index is 978. The molecule has 1 amide bonds. The van der Waals surface area contributed by atoms with Gasteiger partial charge in [0, 0.05) is 40.9 Å². The molecule has 2 N–H and O–H groups in total. The summed E-state index contributed by atoms with van der Waals surface area (Å²) in [4.78, 5) is 22.9. The average molecular weight is 379 g/mol. The third-order valence-corrected chi connectivity index (χ3v) is 6.76. The second-order valence-electron chi connectivity index (χ2n) is 7.26. The summed E-state index contributed by atoms with van der Waals surface area (Å²) in [5.41, 5.74) is 5.73. The van der Waals surface area contributed by atoms with Crippen LogP contribution in [-0.4, -0.2) is 26.1 Å². The number of thiazole rings is 1. The number of aromatic amines is 1. The molecule has 1 unspecified atom stereocenters. The first-order chi connectivity index (χ1) is 13.3. The van der Waals surface area contributed by atoms with Gasteiger partial charge in [0.25, 0.3) is 0 Å². The van der Waals surface area contributed by atoms with Gasteiger partial charge in [-0.25, -0.2) is 4.98 Å². The van der Waals surface area contributed by atoms with E-state index in [1.807, 2.05) is 12.1 Å². The van der Waals surface area contributed by atoms with Crippen molar-refractivity contribution in [1.29, 1.82) is 0 Å². The molecule has 0 saturated heterocycles. The van der Waals surface area contributed by atoms with Gasteiger partial charge in [-0.3, -0.25) is 14.9 Å². The molecule has 0 aromatic carbocycles. The highest BCUT2D eigenvalue weighted by atomic mass is 32.1. The Hall–Kier alpha value is -2.54. The number of hydrogen-bond donors (Lipinski definition) is 2. The monoisotopic (exact) mass is 379 g/mol. The molecular formula is C20H21N5OS. The van der Waals surface area contributed by atoms with Crippen LogP contribution in [0.2, 0.25) is 0 Å². The highest BCUT2D eigenvalue weighted by Crippen LogP contribution is 2.34. The van der Waals surface area contributed by atoms with E-state index in [1.165, 1.54) is 22.6 Å². The number of amides is 1. The second kappa shape index (κ2) is 6.88. The van der Waals surface area contributed by atoms with Crippen LogP contribution in [0, 0.1) is 5.92 Å². The van der Waals surface area contributed by atoms with Crippen molar-refractivity contribution in [3.63, 3.8) is 0 Å². The number of carbonyl (C=O) groups excluding carboxylic acids is 1. The predicted molar refractivity (Wildman–Crippen MR) is 103 cm³/mol. The molecule has 7 heteroatoms. The average Bonchev–Trinajstić information content (AvgIpc) is 3.42. The van der Waals surface area contributed by atoms with Gasteiger partial charge < -0.3 is 5.32 Å². The first-order valence-corrected chi connectivity index (χ1v) is 10.3. The van der Waals surface area contributed by atoms with Crippen LogP contribution < -0.4 is 5.32 Å². The van der Waals surface area contributed by atoms with E-state index in [-0.39, 0.29) is 11.8 Å². The largest absolute Gasteiger partial charge is 0.350 e. The van der Waals surface area contributed by atoms with Gasteiger partial charge in [-0.05, 0) is 49.8 Å². The fraction of sp³-hybridized carbons (Fsp3) is 0.400. The van der Waals surface area contributed by atoms with Gasteiger partial charge in [0.05, 0.1) is 17.9 Å². The lowest BCUT2D eigenvalue weighted by atomic mass is 9.90. The standard InChI is InChI=1S/C20H21N5OS/c26-19(22-11-17-14-2-1-3-15(14)24-25-17)13-4-5-18-16(10-13)23-20(27-18)12-6-8-21-9-7-12/h6-9,13H,1-5,10-11H2,(H,22,26)(H,24,25). The van der Waals surface area contributed by atoms with Crippen LogP contribution in [0.5, 0.6) is 0 Å². The lowest BCUT2D eigenvalue weighted by molar-refractivity contribution is -0.125. The number of carbonyl (C=O) groups is 1. The van der Waals surface area contributed by atoms with E-state index in [4.69, 9.17) is 4.98 Å². The number of nitrogens with zero attached hydrogens (tertiary/aromatic N) is 3. The molecule has 0 spiro atoms. The highest BCUT2D eigenvalue weighted by Gasteiger charge is 2.28. The molecule has 0 radical (unpaired) electrons. The van der Waals surface area contributed by atoms with Crippen molar-refractivity contribution >= 4 is 17.2 Å². The quantitative estimate of drug-likeness (QED) is 0.730. The lowest BCUT2D eigenvalue weighted by Crippen LogP contribution is -2.33. The lowest BCUT2D eigenvalue weighted by Gasteiger charge is -2.20. The summed E-state index contributed by atoms with van der Waals surface area (Å²) < 4.78 is 0. The molecule has 2 aliphatic rings. The summed E-state index contributed by atoms with van der Waals surface area (Å²) in [6.45, 7) is 0.521. The molecule has 27 heavy (non-hydrogen) atoms. The van der Waals surface area contributed by atoms with E-state index in [0.29, 0.717) is 6.54 Å². The molecule has 0 bridgehead atoms. The Kier molecular flexibility index (Phi) is 4.24. The van der Waals surface area contributed by atoms with Crippen LogP contribution in [0.3, 0.4) is 0 Å². The minimum absolute atomic E-state index is 0.00289. The molecule has 6 nitrogen and oxygen atoms in total. The zero-order chi connectivity index (χ0) is 18.2. The maximum atomic E-state index is 12.7. The van der Waals surface area contributed by atoms with Crippen molar-refractivity contribution in [1.82, 2.24) is 25.5 Å². The Morgan fingerprint density at radius 1 is 1.26 bits per heavy atom. The zero-order valence-electron chi connectivity index (χ0n) is 15.0. The van der Waals surface area contributed by atoms with Gasteiger partial charge in [-0.2, -0.15) is 5.10 Å². The van der Waals surface area contributed by atoms with Gasteiger partial charge in [-0.1, -0.05) is 0 Å². The van der Waals surface area contributed by atoms with Gasteiger partial charge in [0.15, 0.2) is 0 Å². The molecule has 0 aliphatic heterocycles. The maximum absolute atomic E-state index is 12.7. The molecule has 3 heterocycles. The fourth-order valence-corrected chi connectivity index (χ4v) is 5.18. The minimum Gasteiger partial charge on any atom is -0.350 e. The van der Waals surface area contributed by atoms with Crippen LogP contribution in [0.15, 0.2) is 24.5 Å². The van der Waals surface area contributed by atoms with E-state index < -0.39 is 0 Å². The first kappa shape index (κ1) is 16.6. The Morgan fingerprint density at radius 2 is 2.15 bits per heavy atom. The predicted octanol–water partition coefficient (Wildman–Crippen LogP) is 2.84. The molecule has 0 fully saturated rings. The second-order valence-corrected chi connectivity index (χ2v) is 8.35. The van der Waals surface area contributed by atoms with Gasteiger partial charge in [-0.15, -0.1) is 11.3 Å². The zero-order valence-corrected chi connectivity index (χ0v) is 15.8. The van der Waals surface area contributed by atoms with E-state index in [9.17, 15) is 4.79 Å². The normalized spacial score (nSPS) is 18.1. The fourth-order valence-electron chi connectivity index (χ4n) is 4.07. The number of fused-ring (bicyclic) bond motifs is 2. The SMILES string of the molecule is O=C(NCc1n[nH]c2c1CCC2)C1CCc2sc(-c3ccncc3)nc2C1. The molecule has 0 saturated carbocycles. The molecule has 138 valence electrons. The summed E-state index contributed by atoms with van der Waals surface area (Å²) in [5, 5.41) is 11.6. The van der Waals surface area contributed by atoms with Gasteiger partial charge in [0.2, 0.25) is 5.91 Å². The first-order valence-electron chi connectivity index (χ1n) is 9.49. The number of rotatable bonds is 4. The van der Waals surface area contributed by atoms with Gasteiger partial charge >= 0.3 is 0 Å². The molecule has 3 aromatic heterocycles. The summed E-state index contributed by atoms with van der Waals surface area (Å²) >= 11 is 1.74. The third kappa shape index (κ3) is 3.16. The van der Waals surface area contributed by atoms with Crippen LogP contribution in [-0.2, 0) is 37.0 Å². The van der Waals surface area contributed by atoms with Crippen molar-refractivity contribution in [3.8, 4) is 10.6 Å². The summed E-state index contributed by atoms with van der Waals surface area (Å²) in [7, 11) is 0. The molecule has 5 rings (SSSR count). The number of nitrogens with one attached hydrogen (secondary N) is 2.